The van der Waals surface area contributed by atoms with Crippen molar-refractivity contribution in [3.63, 3.8) is 0 Å². The van der Waals surface area contributed by atoms with Gasteiger partial charge in [-0.1, -0.05) is 11.6 Å². The van der Waals surface area contributed by atoms with Crippen LogP contribution in [0.3, 0.4) is 0 Å². The van der Waals surface area contributed by atoms with E-state index in [4.69, 9.17) is 31.5 Å². The van der Waals surface area contributed by atoms with Crippen molar-refractivity contribution in [1.29, 1.82) is 0 Å². The van der Waals surface area contributed by atoms with Crippen LogP contribution in [0.15, 0.2) is 30.3 Å². The molecule has 3 N–H and O–H groups in total. The molecule has 0 aromatic heterocycles. The van der Waals surface area contributed by atoms with E-state index >= 15 is 0 Å². The van der Waals surface area contributed by atoms with Gasteiger partial charge in [0.2, 0.25) is 0 Å². The van der Waals surface area contributed by atoms with Crippen molar-refractivity contribution in [2.24, 2.45) is 5.73 Å². The number of carbonyl (C=O) groups excluding carboxylic acids is 1. The summed E-state index contributed by atoms with van der Waals surface area (Å²) in [4.78, 5) is 10.9. The number of hydrogen-bond acceptors (Lipinski definition) is 5. The van der Waals surface area contributed by atoms with E-state index in [-0.39, 0.29) is 24.2 Å². The zero-order chi connectivity index (χ0) is 19.4. The van der Waals surface area contributed by atoms with Gasteiger partial charge in [-0.2, -0.15) is 0 Å². The van der Waals surface area contributed by atoms with Crippen molar-refractivity contribution >= 4 is 17.5 Å². The van der Waals surface area contributed by atoms with Gasteiger partial charge < -0.3 is 25.3 Å². The molecule has 0 aliphatic carbocycles. The van der Waals surface area contributed by atoms with Crippen LogP contribution in [-0.4, -0.2) is 26.2 Å². The Balaban J connectivity index is 1.74. The maximum absolute atomic E-state index is 13.6. The number of hydrogen-bond donors (Lipinski definition) is 2. The fourth-order valence-electron chi connectivity index (χ4n) is 2.98. The molecule has 1 aliphatic rings. The van der Waals surface area contributed by atoms with Crippen LogP contribution in [0, 0.1) is 5.82 Å². The lowest BCUT2D eigenvalue weighted by Crippen LogP contribution is -2.27. The second-order valence-corrected chi connectivity index (χ2v) is 6.52. The highest BCUT2D eigenvalue weighted by Gasteiger charge is 2.22. The molecule has 1 aliphatic heterocycles. The smallest absolute Gasteiger partial charge is 0.255 e. The summed E-state index contributed by atoms with van der Waals surface area (Å²) in [7, 11) is 1.48. The summed E-state index contributed by atoms with van der Waals surface area (Å²) in [5.41, 5.74) is 6.74. The number of benzene rings is 2. The van der Waals surface area contributed by atoms with Gasteiger partial charge in [-0.3, -0.25) is 4.79 Å². The molecule has 3 rings (SSSR count). The molecule has 2 aromatic carbocycles. The molecule has 8 heteroatoms. The van der Waals surface area contributed by atoms with Gasteiger partial charge in [0.15, 0.2) is 18.1 Å². The Morgan fingerprint density at radius 3 is 2.96 bits per heavy atom. The van der Waals surface area contributed by atoms with Gasteiger partial charge >= 0.3 is 0 Å². The number of nitrogens with one attached hydrogen (secondary N) is 1. The predicted molar refractivity (Wildman–Crippen MR) is 98.8 cm³/mol. The second kappa shape index (κ2) is 8.45. The quantitative estimate of drug-likeness (QED) is 0.754. The Hall–Kier alpha value is -2.51. The Bertz CT molecular complexity index is 847. The number of amides is 1. The minimum atomic E-state index is -0.607. The summed E-state index contributed by atoms with van der Waals surface area (Å²) in [6, 6.07) is 7.96. The monoisotopic (exact) mass is 394 g/mol. The standard InChI is InChI=1S/C19H20ClFN2O4/c1-25-17-7-11(6-14(20)19(17)27-10-18(22)24)9-23-15-4-5-26-16-3-2-12(21)8-13(15)16/h2-3,6-8,15,23H,4-5,9-10H2,1H3,(H2,22,24). The first-order valence-electron chi connectivity index (χ1n) is 8.41. The van der Waals surface area contributed by atoms with Crippen LogP contribution in [0.25, 0.3) is 0 Å². The zero-order valence-electron chi connectivity index (χ0n) is 14.8. The number of fused-ring (bicyclic) bond motifs is 1. The number of carbonyl (C=O) groups is 1. The van der Waals surface area contributed by atoms with Gasteiger partial charge in [0.25, 0.3) is 5.91 Å². The van der Waals surface area contributed by atoms with E-state index in [1.165, 1.54) is 19.2 Å². The third-order valence-electron chi connectivity index (χ3n) is 4.21. The van der Waals surface area contributed by atoms with Crippen LogP contribution < -0.4 is 25.3 Å². The van der Waals surface area contributed by atoms with Gasteiger partial charge in [0.05, 0.1) is 18.7 Å². The van der Waals surface area contributed by atoms with Crippen LogP contribution in [0.1, 0.15) is 23.6 Å². The minimum absolute atomic E-state index is 0.0417. The van der Waals surface area contributed by atoms with E-state index < -0.39 is 5.91 Å². The van der Waals surface area contributed by atoms with Gasteiger partial charge in [-0.05, 0) is 35.9 Å². The summed E-state index contributed by atoms with van der Waals surface area (Å²) < 4.78 is 29.8. The molecule has 1 unspecified atom stereocenters. The first-order valence-corrected chi connectivity index (χ1v) is 8.79. The maximum Gasteiger partial charge on any atom is 0.255 e. The summed E-state index contributed by atoms with van der Waals surface area (Å²) in [5.74, 6) is 0.445. The molecule has 0 bridgehead atoms. The van der Waals surface area contributed by atoms with Gasteiger partial charge in [-0.15, -0.1) is 0 Å². The fourth-order valence-corrected chi connectivity index (χ4v) is 3.26. The molecule has 0 radical (unpaired) electrons. The number of rotatable bonds is 7. The third-order valence-corrected chi connectivity index (χ3v) is 4.49. The Morgan fingerprint density at radius 2 is 2.22 bits per heavy atom. The fraction of sp³-hybridized carbons (Fsp3) is 0.316. The van der Waals surface area contributed by atoms with Crippen LogP contribution >= 0.6 is 11.6 Å². The van der Waals surface area contributed by atoms with E-state index in [2.05, 4.69) is 5.32 Å². The maximum atomic E-state index is 13.6. The summed E-state index contributed by atoms with van der Waals surface area (Å²) in [5, 5.41) is 3.70. The average Bonchev–Trinajstić information content (AvgIpc) is 2.64. The second-order valence-electron chi connectivity index (χ2n) is 6.12. The molecule has 0 fully saturated rings. The minimum Gasteiger partial charge on any atom is -0.493 e. The van der Waals surface area contributed by atoms with Gasteiger partial charge in [-0.25, -0.2) is 4.39 Å². The number of nitrogens with two attached hydrogens (primary N) is 1. The summed E-state index contributed by atoms with van der Waals surface area (Å²) >= 11 is 6.27. The molecular formula is C19H20ClFN2O4. The van der Waals surface area contributed by atoms with E-state index in [0.717, 1.165) is 17.5 Å². The summed E-state index contributed by atoms with van der Waals surface area (Å²) in [6.45, 7) is 0.741. The lowest BCUT2D eigenvalue weighted by Gasteiger charge is -2.27. The number of methoxy groups -OCH3 is 1. The first-order chi connectivity index (χ1) is 13.0. The highest BCUT2D eigenvalue weighted by molar-refractivity contribution is 6.32. The lowest BCUT2D eigenvalue weighted by molar-refractivity contribution is -0.119. The van der Waals surface area contributed by atoms with Crippen LogP contribution in [0.2, 0.25) is 5.02 Å². The van der Waals surface area contributed by atoms with Crippen molar-refractivity contribution in [3.05, 3.63) is 52.3 Å². The number of primary amides is 1. The van der Waals surface area contributed by atoms with Gasteiger partial charge in [0, 0.05) is 24.6 Å². The molecule has 2 aromatic rings. The topological polar surface area (TPSA) is 82.8 Å². The number of ether oxygens (including phenoxy) is 3. The van der Waals surface area contributed by atoms with Crippen molar-refractivity contribution in [3.8, 4) is 17.2 Å². The highest BCUT2D eigenvalue weighted by Crippen LogP contribution is 2.37. The number of halogens is 2. The van der Waals surface area contributed by atoms with Crippen molar-refractivity contribution in [2.75, 3.05) is 20.3 Å². The Morgan fingerprint density at radius 1 is 1.41 bits per heavy atom. The normalized spacial score (nSPS) is 15.6. The van der Waals surface area contributed by atoms with Crippen LogP contribution in [-0.2, 0) is 11.3 Å². The van der Waals surface area contributed by atoms with Gasteiger partial charge in [0.1, 0.15) is 11.6 Å². The molecule has 6 nitrogen and oxygen atoms in total. The molecule has 1 atom stereocenters. The predicted octanol–water partition coefficient (Wildman–Crippen LogP) is 2.97. The average molecular weight is 395 g/mol. The summed E-state index contributed by atoms with van der Waals surface area (Å²) in [6.07, 6.45) is 0.723. The first kappa shape index (κ1) is 19.3. The largest absolute Gasteiger partial charge is 0.493 e. The van der Waals surface area contributed by atoms with Crippen molar-refractivity contribution in [2.45, 2.75) is 19.0 Å². The zero-order valence-corrected chi connectivity index (χ0v) is 15.5. The highest BCUT2D eigenvalue weighted by atomic mass is 35.5. The third kappa shape index (κ3) is 4.61. The van der Waals surface area contributed by atoms with E-state index in [1.807, 2.05) is 0 Å². The van der Waals surface area contributed by atoms with E-state index in [1.54, 1.807) is 18.2 Å². The van der Waals surface area contributed by atoms with Crippen molar-refractivity contribution in [1.82, 2.24) is 5.32 Å². The van der Waals surface area contributed by atoms with E-state index in [0.29, 0.717) is 29.7 Å². The Kier molecular flexibility index (Phi) is 6.03. The van der Waals surface area contributed by atoms with Crippen LogP contribution in [0.4, 0.5) is 4.39 Å². The molecule has 0 saturated carbocycles. The Labute approximate surface area is 161 Å². The molecule has 1 amide bonds. The SMILES string of the molecule is COc1cc(CNC2CCOc3ccc(F)cc32)cc(Cl)c1OCC(N)=O. The molecule has 27 heavy (non-hydrogen) atoms. The van der Waals surface area contributed by atoms with E-state index in [9.17, 15) is 9.18 Å². The molecular weight excluding hydrogens is 375 g/mol. The lowest BCUT2D eigenvalue weighted by atomic mass is 10.00. The molecule has 0 spiro atoms. The molecule has 144 valence electrons. The van der Waals surface area contributed by atoms with Crippen molar-refractivity contribution < 1.29 is 23.4 Å². The van der Waals surface area contributed by atoms with Crippen LogP contribution in [0.5, 0.6) is 17.2 Å². The molecule has 0 saturated heterocycles. The molecule has 1 heterocycles.